The average Bonchev–Trinajstić information content (AvgIpc) is 3.38. The van der Waals surface area contributed by atoms with Gasteiger partial charge in [-0.1, -0.05) is 24.3 Å². The third-order valence-electron chi connectivity index (χ3n) is 5.46. The van der Waals surface area contributed by atoms with Crippen molar-refractivity contribution in [2.45, 2.75) is 24.9 Å². The molecule has 32 heavy (non-hydrogen) atoms. The molecule has 4 rings (SSSR count). The summed E-state index contributed by atoms with van der Waals surface area (Å²) in [4.78, 5) is 30.0. The molecule has 0 saturated carbocycles. The van der Waals surface area contributed by atoms with E-state index in [-0.39, 0.29) is 12.8 Å². The number of methoxy groups -OCH3 is 1. The Kier molecular flexibility index (Phi) is 5.85. The lowest BCUT2D eigenvalue weighted by Crippen LogP contribution is -2.36. The fourth-order valence-electron chi connectivity index (χ4n) is 3.79. The first-order chi connectivity index (χ1) is 15.4. The zero-order valence-corrected chi connectivity index (χ0v) is 17.4. The summed E-state index contributed by atoms with van der Waals surface area (Å²) in [5.74, 6) is -0.628. The number of hydrogen-bond donors (Lipinski definition) is 5. The minimum absolute atomic E-state index is 0.149. The minimum atomic E-state index is -1.08. The molecule has 2 atom stereocenters. The summed E-state index contributed by atoms with van der Waals surface area (Å²) in [7, 11) is 1.60. The van der Waals surface area contributed by atoms with Crippen LogP contribution in [0.3, 0.4) is 0 Å². The van der Waals surface area contributed by atoms with Crippen LogP contribution in [-0.2, 0) is 22.4 Å². The molecule has 0 saturated heterocycles. The highest BCUT2D eigenvalue weighted by Crippen LogP contribution is 2.29. The number of carbonyl (C=O) groups excluding carboxylic acids is 1. The zero-order chi connectivity index (χ0) is 22.8. The number of carboxylic acids is 1. The van der Waals surface area contributed by atoms with Crippen molar-refractivity contribution in [1.82, 2.24) is 9.97 Å². The number of aliphatic carboxylic acids is 1. The number of hydrogen-bond acceptors (Lipinski definition) is 6. The predicted octanol–water partition coefficient (Wildman–Crippen LogP) is 2.09. The lowest BCUT2D eigenvalue weighted by molar-refractivity contribution is -0.138. The van der Waals surface area contributed by atoms with Gasteiger partial charge in [0.15, 0.2) is 5.75 Å². The summed E-state index contributed by atoms with van der Waals surface area (Å²) in [5, 5.41) is 10.7. The Bertz CT molecular complexity index is 1290. The number of nitrogens with one attached hydrogen (secondary N) is 2. The quantitative estimate of drug-likeness (QED) is 0.209. The maximum absolute atomic E-state index is 12.7. The molecule has 7 N–H and O–H groups in total. The molecule has 2 aromatic heterocycles. The zero-order valence-electron chi connectivity index (χ0n) is 17.4. The van der Waals surface area contributed by atoms with Gasteiger partial charge in [0.2, 0.25) is 0 Å². The van der Waals surface area contributed by atoms with Crippen molar-refractivity contribution < 1.29 is 24.2 Å². The van der Waals surface area contributed by atoms with Gasteiger partial charge < -0.3 is 36.0 Å². The molecule has 0 spiro atoms. The van der Waals surface area contributed by atoms with E-state index >= 15 is 0 Å². The molecule has 9 nitrogen and oxygen atoms in total. The first kappa shape index (κ1) is 21.4. The highest BCUT2D eigenvalue weighted by molar-refractivity contribution is 5.92. The Balaban J connectivity index is 1.51. The van der Waals surface area contributed by atoms with Crippen LogP contribution < -0.4 is 20.9 Å². The van der Waals surface area contributed by atoms with E-state index in [0.29, 0.717) is 17.0 Å². The van der Waals surface area contributed by atoms with Crippen LogP contribution in [0.2, 0.25) is 0 Å². The van der Waals surface area contributed by atoms with Crippen molar-refractivity contribution in [2.75, 3.05) is 7.11 Å². The van der Waals surface area contributed by atoms with Gasteiger partial charge in [0, 0.05) is 36.0 Å². The molecule has 166 valence electrons. The lowest BCUT2D eigenvalue weighted by Gasteiger charge is -2.12. The van der Waals surface area contributed by atoms with E-state index in [1.165, 1.54) is 0 Å². The van der Waals surface area contributed by atoms with E-state index in [1.807, 2.05) is 30.5 Å². The molecule has 2 heterocycles. The molecule has 0 amide bonds. The largest absolute Gasteiger partial charge is 0.495 e. The lowest BCUT2D eigenvalue weighted by atomic mass is 10.0. The predicted molar refractivity (Wildman–Crippen MR) is 120 cm³/mol. The van der Waals surface area contributed by atoms with Crippen molar-refractivity contribution in [1.29, 1.82) is 0 Å². The van der Waals surface area contributed by atoms with E-state index < -0.39 is 24.0 Å². The number of benzene rings is 2. The van der Waals surface area contributed by atoms with Gasteiger partial charge in [-0.2, -0.15) is 0 Å². The second kappa shape index (κ2) is 8.74. The van der Waals surface area contributed by atoms with Gasteiger partial charge in [-0.15, -0.1) is 0 Å². The van der Waals surface area contributed by atoms with Crippen LogP contribution >= 0.6 is 0 Å². The topological polar surface area (TPSA) is 156 Å². The first-order valence-corrected chi connectivity index (χ1v) is 10.1. The van der Waals surface area contributed by atoms with Crippen molar-refractivity contribution in [2.24, 2.45) is 11.5 Å². The number of nitrogens with two attached hydrogens (primary N) is 2. The van der Waals surface area contributed by atoms with Crippen LogP contribution in [0.25, 0.3) is 21.8 Å². The van der Waals surface area contributed by atoms with Crippen LogP contribution in [0.5, 0.6) is 11.5 Å². The molecule has 0 bridgehead atoms. The molecule has 0 fully saturated rings. The summed E-state index contributed by atoms with van der Waals surface area (Å²) in [6, 6.07) is 8.95. The van der Waals surface area contributed by atoms with Gasteiger partial charge in [0.25, 0.3) is 0 Å². The number of ether oxygens (including phenoxy) is 2. The van der Waals surface area contributed by atoms with E-state index in [1.54, 1.807) is 25.4 Å². The number of aromatic amines is 2. The second-order valence-electron chi connectivity index (χ2n) is 7.57. The first-order valence-electron chi connectivity index (χ1n) is 10.1. The highest BCUT2D eigenvalue weighted by Gasteiger charge is 2.21. The standard InChI is InChI=1S/C23H24N4O5/c1-31-18-6-2-4-14-13(11-26-20(14)18)9-17(25)23(30)32-19-7-3-5-15-12(10-27-21(15)19)8-16(24)22(28)29/h2-7,10-11,16-17,26-27H,8-9,24-25H2,1H3,(H,28,29)/t16-,17-/m0/s1. The van der Waals surface area contributed by atoms with Crippen LogP contribution in [-0.4, -0.2) is 46.2 Å². The monoisotopic (exact) mass is 436 g/mol. The summed E-state index contributed by atoms with van der Waals surface area (Å²) in [5.41, 5.74) is 14.8. The van der Waals surface area contributed by atoms with Gasteiger partial charge in [-0.25, -0.2) is 4.79 Å². The normalized spacial score (nSPS) is 13.2. The van der Waals surface area contributed by atoms with Gasteiger partial charge in [-0.05, 0) is 23.3 Å². The summed E-state index contributed by atoms with van der Waals surface area (Å²) >= 11 is 0. The molecule has 0 unspecified atom stereocenters. The third kappa shape index (κ3) is 4.03. The summed E-state index contributed by atoms with van der Waals surface area (Å²) < 4.78 is 10.9. The molecule has 2 aromatic carbocycles. The Hall–Kier alpha value is -3.82. The smallest absolute Gasteiger partial charge is 0.328 e. The van der Waals surface area contributed by atoms with Gasteiger partial charge in [0.1, 0.15) is 17.8 Å². The fourth-order valence-corrected chi connectivity index (χ4v) is 3.79. The molecule has 9 heteroatoms. The number of carboxylic acid groups (broad SMARTS) is 1. The number of rotatable bonds is 8. The van der Waals surface area contributed by atoms with Gasteiger partial charge >= 0.3 is 11.9 Å². The Labute approximate surface area is 183 Å². The maximum Gasteiger partial charge on any atom is 0.328 e. The second-order valence-corrected chi connectivity index (χ2v) is 7.57. The number of aromatic nitrogens is 2. The molecular weight excluding hydrogens is 412 g/mol. The van der Waals surface area contributed by atoms with Crippen molar-refractivity contribution in [3.63, 3.8) is 0 Å². The van der Waals surface area contributed by atoms with Crippen LogP contribution in [0.15, 0.2) is 48.8 Å². The molecule has 0 aliphatic rings. The fraction of sp³-hybridized carbons (Fsp3) is 0.217. The number of fused-ring (bicyclic) bond motifs is 2. The van der Waals surface area contributed by atoms with Gasteiger partial charge in [0.05, 0.1) is 18.1 Å². The van der Waals surface area contributed by atoms with Crippen LogP contribution in [0.1, 0.15) is 11.1 Å². The maximum atomic E-state index is 12.7. The summed E-state index contributed by atoms with van der Waals surface area (Å²) in [6.45, 7) is 0. The third-order valence-corrected chi connectivity index (χ3v) is 5.46. The van der Waals surface area contributed by atoms with Crippen molar-refractivity contribution in [3.8, 4) is 11.5 Å². The molecule has 0 radical (unpaired) electrons. The van der Waals surface area contributed by atoms with E-state index in [9.17, 15) is 9.59 Å². The minimum Gasteiger partial charge on any atom is -0.495 e. The number of esters is 1. The molecule has 0 aliphatic heterocycles. The molecule has 4 aromatic rings. The molecule has 0 aliphatic carbocycles. The Morgan fingerprint density at radius 2 is 1.44 bits per heavy atom. The van der Waals surface area contributed by atoms with E-state index in [4.69, 9.17) is 26.0 Å². The number of H-pyrrole nitrogens is 2. The van der Waals surface area contributed by atoms with Crippen LogP contribution in [0, 0.1) is 0 Å². The van der Waals surface area contributed by atoms with E-state index in [0.717, 1.165) is 27.4 Å². The van der Waals surface area contributed by atoms with Crippen molar-refractivity contribution >= 4 is 33.7 Å². The van der Waals surface area contributed by atoms with Crippen LogP contribution in [0.4, 0.5) is 0 Å². The SMILES string of the molecule is COc1cccc2c(C[C@H](N)C(=O)Oc3cccc4c(C[C@H](N)C(=O)O)c[nH]c34)c[nH]c12. The Morgan fingerprint density at radius 3 is 2.00 bits per heavy atom. The van der Waals surface area contributed by atoms with E-state index in [2.05, 4.69) is 9.97 Å². The highest BCUT2D eigenvalue weighted by atomic mass is 16.5. The van der Waals surface area contributed by atoms with Crippen molar-refractivity contribution in [3.05, 3.63) is 59.9 Å². The number of para-hydroxylation sites is 2. The average molecular weight is 436 g/mol. The Morgan fingerprint density at radius 1 is 0.906 bits per heavy atom. The molecular formula is C23H24N4O5. The summed E-state index contributed by atoms with van der Waals surface area (Å²) in [6.07, 6.45) is 3.91. The number of carbonyl (C=O) groups is 2. The van der Waals surface area contributed by atoms with Gasteiger partial charge in [-0.3, -0.25) is 4.79 Å².